The van der Waals surface area contributed by atoms with E-state index in [1.807, 2.05) is 19.1 Å². The third-order valence-electron chi connectivity index (χ3n) is 3.30. The molecule has 1 unspecified atom stereocenters. The maximum Gasteiger partial charge on any atom is 0.416 e. The molecule has 0 saturated heterocycles. The lowest BCUT2D eigenvalue weighted by Gasteiger charge is -2.18. The van der Waals surface area contributed by atoms with Gasteiger partial charge in [0.2, 0.25) is 0 Å². The third kappa shape index (κ3) is 3.91. The van der Waals surface area contributed by atoms with Crippen LogP contribution in [0.15, 0.2) is 42.5 Å². The maximum absolute atomic E-state index is 12.9. The van der Waals surface area contributed by atoms with Crippen LogP contribution in [0, 0.1) is 6.92 Å². The van der Waals surface area contributed by atoms with Crippen molar-refractivity contribution in [1.29, 1.82) is 0 Å². The molecular formula is C16H15ClF3N. The highest BCUT2D eigenvalue weighted by atomic mass is 35.5. The minimum absolute atomic E-state index is 0.119. The highest BCUT2D eigenvalue weighted by molar-refractivity contribution is 6.30. The Labute approximate surface area is 126 Å². The van der Waals surface area contributed by atoms with Crippen LogP contribution in [0.3, 0.4) is 0 Å². The Kier molecular flexibility index (Phi) is 4.47. The minimum atomic E-state index is -4.34. The van der Waals surface area contributed by atoms with Gasteiger partial charge in [-0.25, -0.2) is 0 Å². The van der Waals surface area contributed by atoms with Gasteiger partial charge in [-0.3, -0.25) is 0 Å². The van der Waals surface area contributed by atoms with Crippen LogP contribution in [-0.2, 0) is 6.18 Å². The first-order valence-corrected chi connectivity index (χ1v) is 6.85. The second kappa shape index (κ2) is 5.98. The van der Waals surface area contributed by atoms with E-state index in [0.29, 0.717) is 10.7 Å². The summed E-state index contributed by atoms with van der Waals surface area (Å²) in [6, 6.07) is 11.3. The molecule has 2 rings (SSSR count). The van der Waals surface area contributed by atoms with Gasteiger partial charge in [0.15, 0.2) is 0 Å². The summed E-state index contributed by atoms with van der Waals surface area (Å²) in [6.45, 7) is 3.34. The van der Waals surface area contributed by atoms with Crippen molar-refractivity contribution in [3.63, 3.8) is 0 Å². The molecule has 0 aliphatic carbocycles. The Bertz CT molecular complexity index is 620. The van der Waals surface area contributed by atoms with Gasteiger partial charge in [-0.15, -0.1) is 0 Å². The van der Waals surface area contributed by atoms with E-state index >= 15 is 0 Å². The van der Waals surface area contributed by atoms with Gasteiger partial charge < -0.3 is 5.32 Å². The van der Waals surface area contributed by atoms with Crippen molar-refractivity contribution in [1.82, 2.24) is 0 Å². The summed E-state index contributed by atoms with van der Waals surface area (Å²) in [5.74, 6) is 0. The van der Waals surface area contributed by atoms with Crippen molar-refractivity contribution < 1.29 is 13.2 Å². The van der Waals surface area contributed by atoms with Gasteiger partial charge in [0.25, 0.3) is 0 Å². The number of nitrogens with one attached hydrogen (secondary N) is 1. The number of benzene rings is 2. The fourth-order valence-electron chi connectivity index (χ4n) is 2.10. The standard InChI is InChI=1S/C16H15ClF3N/c1-10-3-8-14(9-15(10)16(18,19)20)21-11(2)12-4-6-13(17)7-5-12/h3-9,11,21H,1-2H3. The second-order valence-corrected chi connectivity index (χ2v) is 5.38. The fourth-order valence-corrected chi connectivity index (χ4v) is 2.23. The Morgan fingerprint density at radius 1 is 1.05 bits per heavy atom. The highest BCUT2D eigenvalue weighted by Crippen LogP contribution is 2.34. The molecule has 2 aromatic carbocycles. The van der Waals surface area contributed by atoms with Crippen LogP contribution < -0.4 is 5.32 Å². The molecule has 1 nitrogen and oxygen atoms in total. The van der Waals surface area contributed by atoms with Gasteiger partial charge in [0, 0.05) is 16.8 Å². The Morgan fingerprint density at radius 3 is 2.24 bits per heavy atom. The van der Waals surface area contributed by atoms with Crippen LogP contribution >= 0.6 is 11.6 Å². The number of hydrogen-bond donors (Lipinski definition) is 1. The lowest BCUT2D eigenvalue weighted by atomic mass is 10.1. The van der Waals surface area contributed by atoms with E-state index in [0.717, 1.165) is 11.6 Å². The van der Waals surface area contributed by atoms with Gasteiger partial charge in [-0.1, -0.05) is 29.8 Å². The van der Waals surface area contributed by atoms with Crippen molar-refractivity contribution in [2.75, 3.05) is 5.32 Å². The van der Waals surface area contributed by atoms with Crippen molar-refractivity contribution in [2.45, 2.75) is 26.1 Å². The molecule has 1 N–H and O–H groups in total. The predicted octanol–water partition coefficient (Wildman–Crippen LogP) is 5.84. The first-order chi connectivity index (χ1) is 9.77. The zero-order chi connectivity index (χ0) is 15.6. The van der Waals surface area contributed by atoms with E-state index in [4.69, 9.17) is 11.6 Å². The molecule has 0 fully saturated rings. The molecule has 0 bridgehead atoms. The van der Waals surface area contributed by atoms with Crippen LogP contribution in [0.25, 0.3) is 0 Å². The summed E-state index contributed by atoms with van der Waals surface area (Å²) < 4.78 is 38.7. The summed E-state index contributed by atoms with van der Waals surface area (Å²) in [4.78, 5) is 0. The average Bonchev–Trinajstić information content (AvgIpc) is 2.40. The molecule has 0 spiro atoms. The molecule has 2 aromatic rings. The molecule has 1 atom stereocenters. The smallest absolute Gasteiger partial charge is 0.379 e. The summed E-state index contributed by atoms with van der Waals surface area (Å²) in [7, 11) is 0. The van der Waals surface area contributed by atoms with Crippen LogP contribution in [-0.4, -0.2) is 0 Å². The molecular weight excluding hydrogens is 299 g/mol. The van der Waals surface area contributed by atoms with Crippen LogP contribution in [0.4, 0.5) is 18.9 Å². The first-order valence-electron chi connectivity index (χ1n) is 6.47. The number of aryl methyl sites for hydroxylation is 1. The number of anilines is 1. The van der Waals surface area contributed by atoms with Gasteiger partial charge >= 0.3 is 6.18 Å². The molecule has 0 heterocycles. The van der Waals surface area contributed by atoms with Gasteiger partial charge in [0.1, 0.15) is 0 Å². The van der Waals surface area contributed by atoms with E-state index < -0.39 is 11.7 Å². The summed E-state index contributed by atoms with van der Waals surface area (Å²) in [6.07, 6.45) is -4.34. The zero-order valence-electron chi connectivity index (χ0n) is 11.6. The SMILES string of the molecule is Cc1ccc(NC(C)c2ccc(Cl)cc2)cc1C(F)(F)F. The van der Waals surface area contributed by atoms with Crippen molar-refractivity contribution >= 4 is 17.3 Å². The molecule has 0 saturated carbocycles. The molecule has 0 radical (unpaired) electrons. The predicted molar refractivity (Wildman–Crippen MR) is 79.7 cm³/mol. The lowest BCUT2D eigenvalue weighted by Crippen LogP contribution is -2.10. The van der Waals surface area contributed by atoms with E-state index in [-0.39, 0.29) is 11.6 Å². The van der Waals surface area contributed by atoms with E-state index in [1.165, 1.54) is 13.0 Å². The Morgan fingerprint density at radius 2 is 1.67 bits per heavy atom. The topological polar surface area (TPSA) is 12.0 Å². The van der Waals surface area contributed by atoms with Gasteiger partial charge in [0.05, 0.1) is 5.56 Å². The molecule has 0 aromatic heterocycles. The summed E-state index contributed by atoms with van der Waals surface area (Å²) in [5, 5.41) is 3.70. The summed E-state index contributed by atoms with van der Waals surface area (Å²) in [5.41, 5.74) is 0.993. The quantitative estimate of drug-likeness (QED) is 0.750. The number of alkyl halides is 3. The Balaban J connectivity index is 2.21. The average molecular weight is 314 g/mol. The van der Waals surface area contributed by atoms with E-state index in [1.54, 1.807) is 18.2 Å². The van der Waals surface area contributed by atoms with Gasteiger partial charge in [-0.05, 0) is 49.2 Å². The van der Waals surface area contributed by atoms with E-state index in [2.05, 4.69) is 5.32 Å². The number of halogens is 4. The zero-order valence-corrected chi connectivity index (χ0v) is 12.4. The second-order valence-electron chi connectivity index (χ2n) is 4.95. The number of hydrogen-bond acceptors (Lipinski definition) is 1. The minimum Gasteiger partial charge on any atom is -0.379 e. The van der Waals surface area contributed by atoms with Crippen LogP contribution in [0.2, 0.25) is 5.02 Å². The van der Waals surface area contributed by atoms with Crippen LogP contribution in [0.1, 0.15) is 29.7 Å². The largest absolute Gasteiger partial charge is 0.416 e. The number of rotatable bonds is 3. The molecule has 0 aliphatic heterocycles. The van der Waals surface area contributed by atoms with E-state index in [9.17, 15) is 13.2 Å². The summed E-state index contributed by atoms with van der Waals surface area (Å²) >= 11 is 5.82. The molecule has 5 heteroatoms. The lowest BCUT2D eigenvalue weighted by molar-refractivity contribution is -0.138. The monoisotopic (exact) mass is 313 g/mol. The molecule has 112 valence electrons. The highest BCUT2D eigenvalue weighted by Gasteiger charge is 2.32. The maximum atomic E-state index is 12.9. The molecule has 0 aliphatic rings. The molecule has 0 amide bonds. The fraction of sp³-hybridized carbons (Fsp3) is 0.250. The Hall–Kier alpha value is -1.68. The normalized spacial score (nSPS) is 13.0. The van der Waals surface area contributed by atoms with Crippen molar-refractivity contribution in [2.24, 2.45) is 0 Å². The third-order valence-corrected chi connectivity index (χ3v) is 3.55. The van der Waals surface area contributed by atoms with Crippen LogP contribution in [0.5, 0.6) is 0 Å². The first kappa shape index (κ1) is 15.7. The van der Waals surface area contributed by atoms with Crippen molar-refractivity contribution in [3.05, 3.63) is 64.2 Å². The van der Waals surface area contributed by atoms with Gasteiger partial charge in [-0.2, -0.15) is 13.2 Å². The van der Waals surface area contributed by atoms with Crippen molar-refractivity contribution in [3.8, 4) is 0 Å². The molecule has 21 heavy (non-hydrogen) atoms.